The Labute approximate surface area is 101 Å². The third-order valence-corrected chi connectivity index (χ3v) is 2.93. The Balaban J connectivity index is 3.19. The molecule has 0 aliphatic rings. The van der Waals surface area contributed by atoms with Crippen molar-refractivity contribution < 1.29 is 4.79 Å². The van der Waals surface area contributed by atoms with E-state index in [1.54, 1.807) is 14.1 Å². The topological polar surface area (TPSA) is 38.1 Å². The monoisotopic (exact) mass is 241 g/mol. The molecular formula is C11H19N3OS. The van der Waals surface area contributed by atoms with Crippen molar-refractivity contribution >= 4 is 17.8 Å². The molecule has 0 aliphatic heterocycles. The predicted molar refractivity (Wildman–Crippen MR) is 67.2 cm³/mol. The van der Waals surface area contributed by atoms with Crippen LogP contribution in [0.15, 0.2) is 11.1 Å². The number of carbonyl (C=O) groups is 1. The van der Waals surface area contributed by atoms with E-state index in [-0.39, 0.29) is 11.4 Å². The molecule has 0 radical (unpaired) electrons. The second kappa shape index (κ2) is 4.49. The van der Waals surface area contributed by atoms with Gasteiger partial charge in [0.15, 0.2) is 0 Å². The second-order valence-electron chi connectivity index (χ2n) is 4.91. The Kier molecular flexibility index (Phi) is 3.68. The van der Waals surface area contributed by atoms with Gasteiger partial charge in [0.25, 0.3) is 0 Å². The van der Waals surface area contributed by atoms with Crippen molar-refractivity contribution in [2.75, 3.05) is 20.4 Å². The van der Waals surface area contributed by atoms with Crippen molar-refractivity contribution in [3.8, 4) is 0 Å². The molecule has 1 aromatic rings. The maximum Gasteiger partial charge on any atom is 0.345 e. The highest BCUT2D eigenvalue weighted by molar-refractivity contribution is 7.98. The van der Waals surface area contributed by atoms with E-state index in [0.29, 0.717) is 0 Å². The maximum atomic E-state index is 11.9. The molecule has 16 heavy (non-hydrogen) atoms. The lowest BCUT2D eigenvalue weighted by Gasteiger charge is -2.14. The maximum absolute atomic E-state index is 11.9. The number of thioether (sulfide) groups is 1. The van der Waals surface area contributed by atoms with Crippen LogP contribution in [-0.2, 0) is 5.41 Å². The lowest BCUT2D eigenvalue weighted by atomic mass is 9.93. The summed E-state index contributed by atoms with van der Waals surface area (Å²) >= 11 is 1.53. The molecule has 90 valence electrons. The first-order valence-electron chi connectivity index (χ1n) is 5.13. The fraction of sp³-hybridized carbons (Fsp3) is 0.636. The zero-order chi connectivity index (χ0) is 12.5. The smallest absolute Gasteiger partial charge is 0.329 e. The number of carbonyl (C=O) groups excluding carboxylic acids is 1. The molecule has 0 bridgehead atoms. The van der Waals surface area contributed by atoms with Gasteiger partial charge in [-0.1, -0.05) is 20.8 Å². The van der Waals surface area contributed by atoms with Gasteiger partial charge < -0.3 is 4.90 Å². The minimum Gasteiger partial charge on any atom is -0.329 e. The molecule has 5 heteroatoms. The number of nitrogens with zero attached hydrogens (tertiary/aromatic N) is 3. The Morgan fingerprint density at radius 2 is 2.00 bits per heavy atom. The molecule has 4 nitrogen and oxygen atoms in total. The molecule has 0 saturated carbocycles. The van der Waals surface area contributed by atoms with Crippen LogP contribution in [0.1, 0.15) is 26.5 Å². The van der Waals surface area contributed by atoms with E-state index in [4.69, 9.17) is 0 Å². The Bertz CT molecular complexity index is 390. The van der Waals surface area contributed by atoms with Crippen LogP contribution in [0.4, 0.5) is 4.79 Å². The van der Waals surface area contributed by atoms with Gasteiger partial charge in [-0.15, -0.1) is 11.8 Å². The van der Waals surface area contributed by atoms with Gasteiger partial charge in [0.2, 0.25) is 0 Å². The molecule has 0 atom stereocenters. The quantitative estimate of drug-likeness (QED) is 0.709. The normalized spacial score (nSPS) is 11.6. The molecule has 0 aromatic carbocycles. The van der Waals surface area contributed by atoms with Gasteiger partial charge in [-0.05, 0) is 12.3 Å². The molecule has 0 spiro atoms. The first kappa shape index (κ1) is 13.1. The Morgan fingerprint density at radius 3 is 2.38 bits per heavy atom. The van der Waals surface area contributed by atoms with E-state index in [0.717, 1.165) is 10.7 Å². The average Bonchev–Trinajstić information content (AvgIpc) is 2.59. The van der Waals surface area contributed by atoms with Crippen molar-refractivity contribution in [3.63, 3.8) is 0 Å². The average molecular weight is 241 g/mol. The summed E-state index contributed by atoms with van der Waals surface area (Å²) in [6.07, 6.45) is 1.95. The highest BCUT2D eigenvalue weighted by atomic mass is 32.2. The summed E-state index contributed by atoms with van der Waals surface area (Å²) in [4.78, 5) is 13.4. The number of hydrogen-bond donors (Lipinski definition) is 0. The first-order valence-corrected chi connectivity index (χ1v) is 6.36. The van der Waals surface area contributed by atoms with Crippen LogP contribution in [0, 0.1) is 0 Å². The largest absolute Gasteiger partial charge is 0.345 e. The van der Waals surface area contributed by atoms with Crippen LogP contribution in [0.25, 0.3) is 0 Å². The summed E-state index contributed by atoms with van der Waals surface area (Å²) < 4.78 is 1.46. The number of aromatic nitrogens is 2. The molecule has 1 amide bonds. The van der Waals surface area contributed by atoms with Gasteiger partial charge in [0, 0.05) is 19.5 Å². The van der Waals surface area contributed by atoms with E-state index >= 15 is 0 Å². The minimum atomic E-state index is -0.111. The van der Waals surface area contributed by atoms with E-state index < -0.39 is 0 Å². The van der Waals surface area contributed by atoms with Crippen molar-refractivity contribution in [2.24, 2.45) is 0 Å². The van der Waals surface area contributed by atoms with Gasteiger partial charge in [0.05, 0.1) is 5.69 Å². The van der Waals surface area contributed by atoms with Crippen LogP contribution in [0.5, 0.6) is 0 Å². The Hall–Kier alpha value is -0.970. The predicted octanol–water partition coefficient (Wildman–Crippen LogP) is 2.43. The molecule has 1 aromatic heterocycles. The fourth-order valence-electron chi connectivity index (χ4n) is 1.20. The lowest BCUT2D eigenvalue weighted by molar-refractivity contribution is 0.213. The zero-order valence-electron chi connectivity index (χ0n) is 10.7. The van der Waals surface area contributed by atoms with Crippen LogP contribution >= 0.6 is 11.8 Å². The molecule has 1 heterocycles. The number of hydrogen-bond acceptors (Lipinski definition) is 3. The second-order valence-corrected chi connectivity index (χ2v) is 5.74. The fourth-order valence-corrected chi connectivity index (χ4v) is 1.72. The zero-order valence-corrected chi connectivity index (χ0v) is 11.6. The number of rotatable bonds is 1. The van der Waals surface area contributed by atoms with Crippen LogP contribution in [0.3, 0.4) is 0 Å². The van der Waals surface area contributed by atoms with Crippen LogP contribution < -0.4 is 0 Å². The first-order chi connectivity index (χ1) is 7.27. The van der Waals surface area contributed by atoms with Crippen molar-refractivity contribution in [1.29, 1.82) is 0 Å². The third-order valence-electron chi connectivity index (χ3n) is 2.22. The molecule has 0 unspecified atom stereocenters. The van der Waals surface area contributed by atoms with E-state index in [1.165, 1.54) is 21.3 Å². The molecular weight excluding hydrogens is 222 g/mol. The van der Waals surface area contributed by atoms with Gasteiger partial charge in [-0.2, -0.15) is 9.78 Å². The van der Waals surface area contributed by atoms with Gasteiger partial charge in [-0.25, -0.2) is 4.79 Å². The van der Waals surface area contributed by atoms with E-state index in [1.807, 2.05) is 12.3 Å². The van der Waals surface area contributed by atoms with Crippen LogP contribution in [0.2, 0.25) is 0 Å². The molecule has 1 rings (SSSR count). The van der Waals surface area contributed by atoms with Crippen molar-refractivity contribution in [1.82, 2.24) is 14.7 Å². The molecule has 0 saturated heterocycles. The molecule has 0 N–H and O–H groups in total. The highest BCUT2D eigenvalue weighted by Crippen LogP contribution is 2.25. The summed E-state index contributed by atoms with van der Waals surface area (Å²) in [6.45, 7) is 6.26. The van der Waals surface area contributed by atoms with Gasteiger partial charge >= 0.3 is 6.03 Å². The summed E-state index contributed by atoms with van der Waals surface area (Å²) in [7, 11) is 3.45. The van der Waals surface area contributed by atoms with Crippen molar-refractivity contribution in [2.45, 2.75) is 31.2 Å². The van der Waals surface area contributed by atoms with Crippen molar-refractivity contribution in [3.05, 3.63) is 11.8 Å². The van der Waals surface area contributed by atoms with E-state index in [9.17, 15) is 4.79 Å². The molecule has 0 aliphatic carbocycles. The van der Waals surface area contributed by atoms with E-state index in [2.05, 4.69) is 25.9 Å². The standard InChI is InChI=1S/C11H19N3OS/c1-11(2,3)8-7-9(16-6)14(12-8)10(15)13(4)5/h7H,1-6H3. The lowest BCUT2D eigenvalue weighted by Crippen LogP contribution is -2.29. The van der Waals surface area contributed by atoms with Gasteiger partial charge in [-0.3, -0.25) is 0 Å². The number of amides is 1. The van der Waals surface area contributed by atoms with Gasteiger partial charge in [0.1, 0.15) is 5.03 Å². The summed E-state index contributed by atoms with van der Waals surface area (Å²) in [5, 5.41) is 5.26. The Morgan fingerprint density at radius 1 is 1.44 bits per heavy atom. The third kappa shape index (κ3) is 2.58. The van der Waals surface area contributed by atoms with Crippen LogP contribution in [-0.4, -0.2) is 41.1 Å². The summed E-state index contributed by atoms with van der Waals surface area (Å²) in [5.74, 6) is 0. The molecule has 0 fully saturated rings. The SMILES string of the molecule is CSc1cc(C(C)(C)C)nn1C(=O)N(C)C. The highest BCUT2D eigenvalue weighted by Gasteiger charge is 2.22. The summed E-state index contributed by atoms with van der Waals surface area (Å²) in [6, 6.07) is 1.87. The minimum absolute atomic E-state index is 0.0394. The summed E-state index contributed by atoms with van der Waals surface area (Å²) in [5.41, 5.74) is 0.898.